The summed E-state index contributed by atoms with van der Waals surface area (Å²) in [6.07, 6.45) is 15.3. The molecule has 0 aromatic carbocycles. The lowest BCUT2D eigenvalue weighted by Crippen LogP contribution is -2.30. The van der Waals surface area contributed by atoms with Gasteiger partial charge in [-0.2, -0.15) is 0 Å². The van der Waals surface area contributed by atoms with Crippen molar-refractivity contribution in [2.45, 2.75) is 12.8 Å². The molecular formula is C14H13N. The Kier molecular flexibility index (Phi) is 2.02. The van der Waals surface area contributed by atoms with Crippen molar-refractivity contribution in [3.63, 3.8) is 0 Å². The summed E-state index contributed by atoms with van der Waals surface area (Å²) < 4.78 is 0. The summed E-state index contributed by atoms with van der Waals surface area (Å²) in [5, 5.41) is 2.45. The number of allylic oxidation sites excluding steroid dienone is 4. The van der Waals surface area contributed by atoms with Crippen LogP contribution >= 0.6 is 0 Å². The number of aromatic nitrogens is 1. The summed E-state index contributed by atoms with van der Waals surface area (Å²) in [5.74, 6) is 0.558. The number of pyridine rings is 1. The van der Waals surface area contributed by atoms with Crippen molar-refractivity contribution in [2.75, 3.05) is 0 Å². The molecule has 1 aromatic rings. The number of hydrogen-bond acceptors (Lipinski definition) is 1. The molecule has 0 bridgehead atoms. The minimum Gasteiger partial charge on any atom is -0.256 e. The highest BCUT2D eigenvalue weighted by Gasteiger charge is 2.14. The Morgan fingerprint density at radius 1 is 1.27 bits per heavy atom. The van der Waals surface area contributed by atoms with Crippen LogP contribution < -0.4 is 10.6 Å². The Bertz CT molecular complexity index is 549. The third kappa shape index (κ3) is 1.44. The zero-order valence-electron chi connectivity index (χ0n) is 8.56. The highest BCUT2D eigenvalue weighted by molar-refractivity contribution is 5.63. The van der Waals surface area contributed by atoms with E-state index in [4.69, 9.17) is 0 Å². The van der Waals surface area contributed by atoms with E-state index < -0.39 is 0 Å². The molecule has 74 valence electrons. The van der Waals surface area contributed by atoms with Crippen molar-refractivity contribution in [3.05, 3.63) is 53.2 Å². The maximum Gasteiger partial charge on any atom is 0.0736 e. The number of hydrogen-bond donors (Lipinski definition) is 0. The van der Waals surface area contributed by atoms with E-state index in [0.717, 1.165) is 6.42 Å². The normalized spacial score (nSPS) is 22.7. The van der Waals surface area contributed by atoms with Gasteiger partial charge in [0.25, 0.3) is 0 Å². The molecule has 0 saturated heterocycles. The van der Waals surface area contributed by atoms with Gasteiger partial charge in [0.1, 0.15) is 0 Å². The predicted octanol–water partition coefficient (Wildman–Crippen LogP) is 1.55. The van der Waals surface area contributed by atoms with Crippen LogP contribution in [0.1, 0.15) is 12.8 Å². The number of rotatable bonds is 0. The fraction of sp³-hybridized carbons (Fsp3) is 0.214. The summed E-state index contributed by atoms with van der Waals surface area (Å²) in [7, 11) is 0. The van der Waals surface area contributed by atoms with Crippen LogP contribution in [0.15, 0.2) is 42.6 Å². The van der Waals surface area contributed by atoms with E-state index in [1.165, 1.54) is 22.6 Å². The first-order chi connectivity index (χ1) is 7.45. The molecule has 2 aliphatic rings. The molecule has 0 spiro atoms. The minimum atomic E-state index is 0.558. The van der Waals surface area contributed by atoms with Crippen molar-refractivity contribution in [1.82, 2.24) is 4.98 Å². The number of nitrogens with zero attached hydrogens (tertiary/aromatic N) is 1. The fourth-order valence-corrected chi connectivity index (χ4v) is 2.33. The van der Waals surface area contributed by atoms with Gasteiger partial charge in [-0.3, -0.25) is 4.98 Å². The first-order valence-corrected chi connectivity index (χ1v) is 5.45. The molecule has 0 saturated carbocycles. The molecule has 1 heterocycles. The van der Waals surface area contributed by atoms with Gasteiger partial charge < -0.3 is 0 Å². The zero-order valence-corrected chi connectivity index (χ0v) is 8.56. The minimum absolute atomic E-state index is 0.558. The average molecular weight is 195 g/mol. The van der Waals surface area contributed by atoms with Gasteiger partial charge in [-0.15, -0.1) is 0 Å². The van der Waals surface area contributed by atoms with E-state index in [-0.39, 0.29) is 0 Å². The monoisotopic (exact) mass is 195 g/mol. The van der Waals surface area contributed by atoms with Crippen LogP contribution in [0.4, 0.5) is 0 Å². The Morgan fingerprint density at radius 3 is 3.27 bits per heavy atom. The van der Waals surface area contributed by atoms with Crippen molar-refractivity contribution < 1.29 is 0 Å². The fourth-order valence-electron chi connectivity index (χ4n) is 2.33. The summed E-state index contributed by atoms with van der Waals surface area (Å²) in [4.78, 5) is 4.51. The second-order valence-corrected chi connectivity index (χ2v) is 4.03. The average Bonchev–Trinajstić information content (AvgIpc) is 2.48. The molecule has 0 amide bonds. The van der Waals surface area contributed by atoms with E-state index in [2.05, 4.69) is 41.4 Å². The smallest absolute Gasteiger partial charge is 0.0736 e. The molecule has 0 fully saturated rings. The van der Waals surface area contributed by atoms with Crippen LogP contribution in [0.5, 0.6) is 0 Å². The van der Waals surface area contributed by atoms with Crippen LogP contribution in [-0.4, -0.2) is 4.98 Å². The molecule has 0 aliphatic heterocycles. The highest BCUT2D eigenvalue weighted by Crippen LogP contribution is 2.24. The quantitative estimate of drug-likeness (QED) is 0.612. The van der Waals surface area contributed by atoms with Gasteiger partial charge in [0.05, 0.1) is 5.35 Å². The molecular weight excluding hydrogens is 182 g/mol. The standard InChI is InChI=1S/C14H13N/c1-2-9-13-11(5-1)6-3-7-12-8-4-10-15-14(12)13/h1-2,4-5,7-11H,3,6H2. The van der Waals surface area contributed by atoms with Crippen molar-refractivity contribution >= 4 is 11.6 Å². The van der Waals surface area contributed by atoms with E-state index in [9.17, 15) is 0 Å². The molecule has 2 aliphatic carbocycles. The van der Waals surface area contributed by atoms with Crippen LogP contribution in [0.2, 0.25) is 0 Å². The van der Waals surface area contributed by atoms with Crippen molar-refractivity contribution in [1.29, 1.82) is 0 Å². The van der Waals surface area contributed by atoms with Crippen LogP contribution in [0.3, 0.4) is 0 Å². The van der Waals surface area contributed by atoms with E-state index in [1.54, 1.807) is 0 Å². The maximum atomic E-state index is 4.51. The second kappa shape index (κ2) is 3.50. The van der Waals surface area contributed by atoms with Crippen LogP contribution in [-0.2, 0) is 0 Å². The van der Waals surface area contributed by atoms with Gasteiger partial charge in [-0.05, 0) is 29.7 Å². The number of fused-ring (bicyclic) bond motifs is 2. The first-order valence-electron chi connectivity index (χ1n) is 5.45. The Balaban J connectivity index is 2.38. The Labute approximate surface area is 89.2 Å². The first kappa shape index (κ1) is 8.66. The Morgan fingerprint density at radius 2 is 2.27 bits per heavy atom. The van der Waals surface area contributed by atoms with Crippen molar-refractivity contribution in [3.8, 4) is 0 Å². The molecule has 3 rings (SSSR count). The molecule has 1 unspecified atom stereocenters. The Hall–Kier alpha value is -1.63. The predicted molar refractivity (Wildman–Crippen MR) is 62.4 cm³/mol. The van der Waals surface area contributed by atoms with E-state index in [0.29, 0.717) is 5.92 Å². The molecule has 0 N–H and O–H groups in total. The molecule has 1 nitrogen and oxygen atoms in total. The molecule has 1 atom stereocenters. The van der Waals surface area contributed by atoms with Gasteiger partial charge in [0.2, 0.25) is 0 Å². The van der Waals surface area contributed by atoms with Gasteiger partial charge >= 0.3 is 0 Å². The van der Waals surface area contributed by atoms with E-state index in [1.807, 2.05) is 12.3 Å². The van der Waals surface area contributed by atoms with Crippen LogP contribution in [0.25, 0.3) is 11.6 Å². The zero-order chi connectivity index (χ0) is 10.1. The van der Waals surface area contributed by atoms with Gasteiger partial charge in [0, 0.05) is 12.1 Å². The lowest BCUT2D eigenvalue weighted by Gasteiger charge is -2.14. The largest absolute Gasteiger partial charge is 0.256 e. The maximum absolute atomic E-state index is 4.51. The highest BCUT2D eigenvalue weighted by atomic mass is 14.6. The molecule has 1 heteroatoms. The van der Waals surface area contributed by atoms with Crippen LogP contribution in [0, 0.1) is 5.92 Å². The van der Waals surface area contributed by atoms with Gasteiger partial charge in [-0.25, -0.2) is 0 Å². The van der Waals surface area contributed by atoms with Crippen molar-refractivity contribution in [2.24, 2.45) is 5.92 Å². The lowest BCUT2D eigenvalue weighted by atomic mass is 9.91. The van der Waals surface area contributed by atoms with E-state index >= 15 is 0 Å². The summed E-state index contributed by atoms with van der Waals surface area (Å²) in [6, 6.07) is 4.17. The second-order valence-electron chi connectivity index (χ2n) is 4.03. The molecule has 0 radical (unpaired) electrons. The van der Waals surface area contributed by atoms with Gasteiger partial charge in [-0.1, -0.05) is 36.4 Å². The van der Waals surface area contributed by atoms with Gasteiger partial charge in [0.15, 0.2) is 0 Å². The SMILES string of the molecule is C1=CC2=c3ncccc3=CCCC2C=C1. The topological polar surface area (TPSA) is 12.9 Å². The lowest BCUT2D eigenvalue weighted by molar-refractivity contribution is 0.753. The third-order valence-electron chi connectivity index (χ3n) is 3.08. The summed E-state index contributed by atoms with van der Waals surface area (Å²) in [5.41, 5.74) is 1.38. The third-order valence-corrected chi connectivity index (χ3v) is 3.08. The summed E-state index contributed by atoms with van der Waals surface area (Å²) in [6.45, 7) is 0. The molecule has 1 aromatic heterocycles. The molecule has 15 heavy (non-hydrogen) atoms. The summed E-state index contributed by atoms with van der Waals surface area (Å²) >= 11 is 0.